The molecule has 2 saturated heterocycles. The molecule has 1 amide bonds. The molecular formula is C32H28F4N6O3. The molecule has 232 valence electrons. The molecule has 2 aromatic carbocycles. The van der Waals surface area contributed by atoms with Crippen LogP contribution in [0.4, 0.5) is 22.4 Å². The van der Waals surface area contributed by atoms with Crippen LogP contribution in [0.3, 0.4) is 0 Å². The Kier molecular flexibility index (Phi) is 6.88. The van der Waals surface area contributed by atoms with Gasteiger partial charge in [0, 0.05) is 67.6 Å². The first kappa shape index (κ1) is 29.0. The molecule has 0 unspecified atom stereocenters. The van der Waals surface area contributed by atoms with Crippen LogP contribution >= 0.6 is 0 Å². The van der Waals surface area contributed by atoms with E-state index in [9.17, 15) is 18.7 Å². The van der Waals surface area contributed by atoms with Gasteiger partial charge in [-0.1, -0.05) is 6.07 Å². The van der Waals surface area contributed by atoms with Crippen LogP contribution in [-0.2, 0) is 0 Å². The molecule has 0 spiro atoms. The Morgan fingerprint density at radius 3 is 2.76 bits per heavy atom. The maximum atomic E-state index is 16.5. The van der Waals surface area contributed by atoms with Gasteiger partial charge in [0.25, 0.3) is 0 Å². The fraction of sp³-hybridized carbons (Fsp3) is 0.312. The van der Waals surface area contributed by atoms with Gasteiger partial charge in [0.1, 0.15) is 29.7 Å². The van der Waals surface area contributed by atoms with E-state index >= 15 is 8.78 Å². The van der Waals surface area contributed by atoms with Crippen molar-refractivity contribution < 1.29 is 32.2 Å². The second kappa shape index (κ2) is 10.7. The number of carbonyl (C=O) groups excluding carboxylic acids is 1. The van der Waals surface area contributed by atoms with Gasteiger partial charge in [0.15, 0.2) is 17.5 Å². The van der Waals surface area contributed by atoms with Gasteiger partial charge in [-0.3, -0.25) is 14.5 Å². The molecule has 13 heteroatoms. The van der Waals surface area contributed by atoms with Gasteiger partial charge in [0.05, 0.1) is 11.2 Å². The van der Waals surface area contributed by atoms with Crippen LogP contribution in [0.25, 0.3) is 44.2 Å². The van der Waals surface area contributed by atoms with Gasteiger partial charge in [-0.25, -0.2) is 22.4 Å². The molecule has 0 saturated carbocycles. The summed E-state index contributed by atoms with van der Waals surface area (Å²) in [4.78, 5) is 29.2. The zero-order chi connectivity index (χ0) is 31.6. The maximum Gasteiger partial charge on any atom is 0.327 e. The molecule has 0 bridgehead atoms. The van der Waals surface area contributed by atoms with Gasteiger partial charge < -0.3 is 14.7 Å². The van der Waals surface area contributed by atoms with Crippen LogP contribution in [0.2, 0.25) is 0 Å². The quantitative estimate of drug-likeness (QED) is 0.244. The van der Waals surface area contributed by atoms with E-state index in [0.29, 0.717) is 18.5 Å². The molecule has 2 aliphatic heterocycles. The predicted octanol–water partition coefficient (Wildman–Crippen LogP) is 5.92. The molecule has 0 aliphatic carbocycles. The number of phenolic OH excluding ortho intramolecular Hbond substituents is 1. The lowest BCUT2D eigenvalue weighted by molar-refractivity contribution is 0.107. The van der Waals surface area contributed by atoms with E-state index in [1.165, 1.54) is 40.2 Å². The van der Waals surface area contributed by atoms with E-state index in [0.717, 1.165) is 31.5 Å². The number of hydrogen-bond acceptors (Lipinski definition) is 7. The highest BCUT2D eigenvalue weighted by molar-refractivity contribution is 6.00. The molecule has 5 heterocycles. The number of phenols is 1. The molecular weight excluding hydrogens is 592 g/mol. The van der Waals surface area contributed by atoms with Crippen LogP contribution in [0.1, 0.15) is 19.3 Å². The Morgan fingerprint density at radius 2 is 1.96 bits per heavy atom. The number of halogens is 4. The van der Waals surface area contributed by atoms with Crippen molar-refractivity contribution >= 4 is 27.7 Å². The Balaban J connectivity index is 1.39. The highest BCUT2D eigenvalue weighted by Crippen LogP contribution is 2.41. The Bertz CT molecular complexity index is 2000. The third-order valence-corrected chi connectivity index (χ3v) is 8.71. The predicted molar refractivity (Wildman–Crippen MR) is 158 cm³/mol. The van der Waals surface area contributed by atoms with Crippen molar-refractivity contribution in [3.05, 3.63) is 66.4 Å². The van der Waals surface area contributed by atoms with Crippen molar-refractivity contribution in [3.8, 4) is 34.3 Å². The smallest absolute Gasteiger partial charge is 0.327 e. The lowest BCUT2D eigenvalue weighted by Crippen LogP contribution is -2.43. The third kappa shape index (κ3) is 4.82. The van der Waals surface area contributed by atoms with Crippen molar-refractivity contribution in [2.45, 2.75) is 31.0 Å². The Labute approximate surface area is 254 Å². The average molecular weight is 621 g/mol. The molecule has 45 heavy (non-hydrogen) atoms. The molecule has 7 rings (SSSR count). The van der Waals surface area contributed by atoms with Gasteiger partial charge in [-0.2, -0.15) is 9.97 Å². The first-order valence-electron chi connectivity index (χ1n) is 14.4. The number of ether oxygens (including phenoxy) is 1. The summed E-state index contributed by atoms with van der Waals surface area (Å²) in [7, 11) is 3.21. The second-order valence-electron chi connectivity index (χ2n) is 11.8. The minimum absolute atomic E-state index is 0.0831. The molecule has 3 aromatic heterocycles. The standard InChI is InChI=1S/C32H28F4N6O3/c1-40(2)31(44)41-9-6-18(14-41)27-22-13-37-28(21-11-20(43)10-17-4-5-23(34)25(35)24(17)21)26(36)29(22)39-30(38-27)45-16-32-7-3-8-42(32)15-19(33)12-32/h4-6,9-11,13-14,19,43H,3,7-8,12,15-16H2,1-2H3/t19-,32+/m1/s1. The average Bonchev–Trinajstić information content (AvgIpc) is 3.72. The number of fused-ring (bicyclic) bond motifs is 3. The van der Waals surface area contributed by atoms with Crippen LogP contribution in [0.15, 0.2) is 48.9 Å². The van der Waals surface area contributed by atoms with Crippen LogP contribution in [0, 0.1) is 17.5 Å². The zero-order valence-electron chi connectivity index (χ0n) is 24.4. The van der Waals surface area contributed by atoms with Crippen molar-refractivity contribution in [2.24, 2.45) is 0 Å². The summed E-state index contributed by atoms with van der Waals surface area (Å²) in [5, 5.41) is 10.4. The van der Waals surface area contributed by atoms with E-state index in [1.54, 1.807) is 20.2 Å². The molecule has 1 N–H and O–H groups in total. The molecule has 5 aromatic rings. The maximum absolute atomic E-state index is 16.5. The third-order valence-electron chi connectivity index (χ3n) is 8.71. The van der Waals surface area contributed by atoms with E-state index in [-0.39, 0.29) is 63.0 Å². The fourth-order valence-electron chi connectivity index (χ4n) is 6.61. The summed E-state index contributed by atoms with van der Waals surface area (Å²) >= 11 is 0. The van der Waals surface area contributed by atoms with Crippen LogP contribution in [0.5, 0.6) is 11.8 Å². The molecule has 2 aliphatic rings. The topological polar surface area (TPSA) is 96.6 Å². The molecule has 9 nitrogen and oxygen atoms in total. The Hall–Kier alpha value is -4.78. The molecule has 0 radical (unpaired) electrons. The largest absolute Gasteiger partial charge is 0.508 e. The van der Waals surface area contributed by atoms with Crippen molar-refractivity contribution in [2.75, 3.05) is 33.8 Å². The van der Waals surface area contributed by atoms with Crippen LogP contribution in [-0.4, -0.2) is 86.0 Å². The summed E-state index contributed by atoms with van der Waals surface area (Å²) < 4.78 is 67.7. The van der Waals surface area contributed by atoms with E-state index in [2.05, 4.69) is 19.9 Å². The molecule has 2 fully saturated rings. The van der Waals surface area contributed by atoms with E-state index < -0.39 is 29.2 Å². The number of aromatic hydroxyl groups is 1. The number of aromatic nitrogens is 4. The summed E-state index contributed by atoms with van der Waals surface area (Å²) in [6, 6.07) is 5.66. The zero-order valence-corrected chi connectivity index (χ0v) is 24.4. The number of pyridine rings is 1. The minimum Gasteiger partial charge on any atom is -0.508 e. The number of benzene rings is 2. The number of hydrogen-bond donors (Lipinski definition) is 1. The Morgan fingerprint density at radius 1 is 1.13 bits per heavy atom. The van der Waals surface area contributed by atoms with Crippen LogP contribution < -0.4 is 4.74 Å². The highest BCUT2D eigenvalue weighted by atomic mass is 19.2. The van der Waals surface area contributed by atoms with Gasteiger partial charge in [-0.15, -0.1) is 0 Å². The number of alkyl halides is 1. The monoisotopic (exact) mass is 620 g/mol. The van der Waals surface area contributed by atoms with E-state index in [1.807, 2.05) is 0 Å². The highest BCUT2D eigenvalue weighted by Gasteiger charge is 2.49. The second-order valence-corrected chi connectivity index (χ2v) is 11.8. The van der Waals surface area contributed by atoms with Crippen molar-refractivity contribution in [1.29, 1.82) is 0 Å². The number of rotatable bonds is 5. The lowest BCUT2D eigenvalue weighted by Gasteiger charge is -2.30. The van der Waals surface area contributed by atoms with Crippen molar-refractivity contribution in [3.63, 3.8) is 0 Å². The number of nitrogens with zero attached hydrogens (tertiary/aromatic N) is 6. The van der Waals surface area contributed by atoms with Crippen molar-refractivity contribution in [1.82, 2.24) is 29.3 Å². The summed E-state index contributed by atoms with van der Waals surface area (Å²) in [5.41, 5.74) is -0.642. The normalized spacial score (nSPS) is 19.8. The minimum atomic E-state index is -1.22. The lowest BCUT2D eigenvalue weighted by atomic mass is 9.95. The van der Waals surface area contributed by atoms with E-state index in [4.69, 9.17) is 4.74 Å². The van der Waals surface area contributed by atoms with Gasteiger partial charge in [-0.05, 0) is 49.0 Å². The number of amides is 1. The summed E-state index contributed by atoms with van der Waals surface area (Å²) in [6.07, 6.45) is 5.32. The first-order chi connectivity index (χ1) is 21.5. The summed E-state index contributed by atoms with van der Waals surface area (Å²) in [6.45, 7) is 1.15. The first-order valence-corrected chi connectivity index (χ1v) is 14.4. The fourth-order valence-corrected chi connectivity index (χ4v) is 6.61. The number of carbonyl (C=O) groups is 1. The van der Waals surface area contributed by atoms with Gasteiger partial charge >= 0.3 is 12.0 Å². The SMILES string of the molecule is CN(C)C(=O)n1ccc(-c2nc(OC[C@@]34CCCN3C[C@H](F)C4)nc3c(F)c(-c4cc(O)cc5ccc(F)c(F)c45)ncc23)c1. The van der Waals surface area contributed by atoms with Gasteiger partial charge in [0.2, 0.25) is 0 Å². The summed E-state index contributed by atoms with van der Waals surface area (Å²) in [5.74, 6) is -3.64. The molecule has 2 atom stereocenters.